The number of hydrogen-bond acceptors (Lipinski definition) is 4. The molecule has 4 N–H and O–H groups in total. The van der Waals surface area contributed by atoms with Crippen LogP contribution in [0.25, 0.3) is 0 Å². The number of β-amino-alcohol motifs (C(OH)–C–C–N with tert-alkyl or cyclic N) is 1. The zero-order valence-electron chi connectivity index (χ0n) is 10.5. The van der Waals surface area contributed by atoms with Gasteiger partial charge in [-0.15, -0.1) is 0 Å². The van der Waals surface area contributed by atoms with E-state index >= 15 is 0 Å². The van der Waals surface area contributed by atoms with Crippen molar-refractivity contribution < 1.29 is 9.90 Å². The predicted octanol–water partition coefficient (Wildman–Crippen LogP) is 0.247. The summed E-state index contributed by atoms with van der Waals surface area (Å²) in [7, 11) is 0. The van der Waals surface area contributed by atoms with Crippen LogP contribution in [-0.2, 0) is 6.54 Å². The van der Waals surface area contributed by atoms with Gasteiger partial charge in [0.25, 0.3) is 5.91 Å². The third-order valence-electron chi connectivity index (χ3n) is 3.26. The molecule has 98 valence electrons. The summed E-state index contributed by atoms with van der Waals surface area (Å²) < 4.78 is 0. The SMILES string of the molecule is CC1(O)CCN(Cc2cccc(C(=O)NN)c2)C1. The molecule has 0 spiro atoms. The lowest BCUT2D eigenvalue weighted by Gasteiger charge is -2.19. The second-order valence-electron chi connectivity index (χ2n) is 5.13. The van der Waals surface area contributed by atoms with Gasteiger partial charge in [-0.05, 0) is 31.0 Å². The molecule has 0 bridgehead atoms. The minimum atomic E-state index is -0.591. The van der Waals surface area contributed by atoms with Crippen LogP contribution in [-0.4, -0.2) is 34.6 Å². The van der Waals surface area contributed by atoms with Gasteiger partial charge in [-0.25, -0.2) is 5.84 Å². The lowest BCUT2D eigenvalue weighted by Crippen LogP contribution is -2.30. The number of hydrogen-bond donors (Lipinski definition) is 3. The van der Waals surface area contributed by atoms with Crippen molar-refractivity contribution in [3.8, 4) is 0 Å². The molecule has 0 saturated carbocycles. The number of amides is 1. The Morgan fingerprint density at radius 3 is 3.00 bits per heavy atom. The third kappa shape index (κ3) is 3.07. The number of hydrazine groups is 1. The number of rotatable bonds is 3. The van der Waals surface area contributed by atoms with Crippen LogP contribution in [0.3, 0.4) is 0 Å². The van der Waals surface area contributed by atoms with Gasteiger partial charge in [0.1, 0.15) is 0 Å². The highest BCUT2D eigenvalue weighted by atomic mass is 16.3. The van der Waals surface area contributed by atoms with Crippen molar-refractivity contribution in [2.45, 2.75) is 25.5 Å². The Bertz CT molecular complexity index is 446. The average molecular weight is 249 g/mol. The highest BCUT2D eigenvalue weighted by Gasteiger charge is 2.30. The molecule has 5 nitrogen and oxygen atoms in total. The van der Waals surface area contributed by atoms with Crippen molar-refractivity contribution in [3.63, 3.8) is 0 Å². The molecule has 1 aliphatic heterocycles. The lowest BCUT2D eigenvalue weighted by molar-refractivity contribution is 0.0678. The molecule has 0 aliphatic carbocycles. The maximum Gasteiger partial charge on any atom is 0.265 e. The molecule has 0 radical (unpaired) electrons. The summed E-state index contributed by atoms with van der Waals surface area (Å²) in [6.07, 6.45) is 0.788. The van der Waals surface area contributed by atoms with Crippen LogP contribution >= 0.6 is 0 Å². The Kier molecular flexibility index (Phi) is 3.65. The van der Waals surface area contributed by atoms with E-state index in [1.165, 1.54) is 0 Å². The fourth-order valence-electron chi connectivity index (χ4n) is 2.33. The summed E-state index contributed by atoms with van der Waals surface area (Å²) in [5, 5.41) is 9.90. The highest BCUT2D eigenvalue weighted by molar-refractivity contribution is 5.93. The summed E-state index contributed by atoms with van der Waals surface area (Å²) in [5.41, 5.74) is 3.14. The first-order chi connectivity index (χ1) is 8.50. The molecular weight excluding hydrogens is 230 g/mol. The maximum absolute atomic E-state index is 11.4. The van der Waals surface area contributed by atoms with E-state index in [2.05, 4.69) is 10.3 Å². The monoisotopic (exact) mass is 249 g/mol. The smallest absolute Gasteiger partial charge is 0.265 e. The average Bonchev–Trinajstić information content (AvgIpc) is 2.68. The molecule has 1 aromatic rings. The van der Waals surface area contributed by atoms with Crippen LogP contribution in [0.4, 0.5) is 0 Å². The normalized spacial score (nSPS) is 24.2. The van der Waals surface area contributed by atoms with Crippen LogP contribution in [0, 0.1) is 0 Å². The first kappa shape index (κ1) is 13.0. The van der Waals surface area contributed by atoms with E-state index in [0.717, 1.165) is 25.1 Å². The number of nitrogens with one attached hydrogen (secondary N) is 1. The van der Waals surface area contributed by atoms with E-state index in [4.69, 9.17) is 5.84 Å². The maximum atomic E-state index is 11.4. The summed E-state index contributed by atoms with van der Waals surface area (Å²) in [6.45, 7) is 4.13. The van der Waals surface area contributed by atoms with Crippen LogP contribution in [0.1, 0.15) is 29.3 Å². The number of aliphatic hydroxyl groups is 1. The lowest BCUT2D eigenvalue weighted by atomic mass is 10.1. The van der Waals surface area contributed by atoms with E-state index in [9.17, 15) is 9.90 Å². The molecule has 0 aromatic heterocycles. The molecule has 2 rings (SSSR count). The Labute approximate surface area is 107 Å². The first-order valence-corrected chi connectivity index (χ1v) is 6.05. The number of nitrogens with two attached hydrogens (primary N) is 1. The highest BCUT2D eigenvalue weighted by Crippen LogP contribution is 2.22. The Balaban J connectivity index is 2.04. The molecule has 18 heavy (non-hydrogen) atoms. The number of likely N-dealkylation sites (tertiary alicyclic amines) is 1. The summed E-state index contributed by atoms with van der Waals surface area (Å²) in [5.74, 6) is 4.82. The number of nitrogens with zero attached hydrogens (tertiary/aromatic N) is 1. The number of nitrogen functional groups attached to an aromatic ring is 1. The molecule has 1 aliphatic rings. The van der Waals surface area contributed by atoms with Gasteiger partial charge in [0.2, 0.25) is 0 Å². The van der Waals surface area contributed by atoms with Crippen molar-refractivity contribution in [3.05, 3.63) is 35.4 Å². The van der Waals surface area contributed by atoms with Crippen molar-refractivity contribution in [1.82, 2.24) is 10.3 Å². The van der Waals surface area contributed by atoms with Gasteiger partial charge in [-0.3, -0.25) is 15.1 Å². The van der Waals surface area contributed by atoms with Crippen molar-refractivity contribution in [1.29, 1.82) is 0 Å². The van der Waals surface area contributed by atoms with Crippen molar-refractivity contribution in [2.75, 3.05) is 13.1 Å². The molecule has 1 heterocycles. The Morgan fingerprint density at radius 2 is 2.39 bits per heavy atom. The van der Waals surface area contributed by atoms with Gasteiger partial charge in [0.05, 0.1) is 5.60 Å². The fraction of sp³-hybridized carbons (Fsp3) is 0.462. The molecule has 1 amide bonds. The molecule has 1 fully saturated rings. The second-order valence-corrected chi connectivity index (χ2v) is 5.13. The van der Waals surface area contributed by atoms with E-state index in [-0.39, 0.29) is 5.91 Å². The minimum Gasteiger partial charge on any atom is -0.389 e. The van der Waals surface area contributed by atoms with Gasteiger partial charge in [0, 0.05) is 25.2 Å². The van der Waals surface area contributed by atoms with E-state index < -0.39 is 5.60 Å². The van der Waals surface area contributed by atoms with Crippen LogP contribution in [0.5, 0.6) is 0 Å². The molecule has 1 saturated heterocycles. The molecule has 1 aromatic carbocycles. The molecule has 1 unspecified atom stereocenters. The molecule has 1 atom stereocenters. The number of carbonyl (C=O) groups excluding carboxylic acids is 1. The summed E-state index contributed by atoms with van der Waals surface area (Å²) >= 11 is 0. The number of benzene rings is 1. The van der Waals surface area contributed by atoms with Gasteiger partial charge >= 0.3 is 0 Å². The number of carbonyl (C=O) groups is 1. The van der Waals surface area contributed by atoms with Gasteiger partial charge < -0.3 is 5.11 Å². The fourth-order valence-corrected chi connectivity index (χ4v) is 2.33. The van der Waals surface area contributed by atoms with E-state index in [1.54, 1.807) is 6.07 Å². The molecular formula is C13H19N3O2. The quantitative estimate of drug-likeness (QED) is 0.407. The third-order valence-corrected chi connectivity index (χ3v) is 3.26. The Morgan fingerprint density at radius 1 is 1.61 bits per heavy atom. The van der Waals surface area contributed by atoms with Crippen molar-refractivity contribution >= 4 is 5.91 Å². The zero-order valence-corrected chi connectivity index (χ0v) is 10.5. The van der Waals surface area contributed by atoms with Crippen LogP contribution in [0.2, 0.25) is 0 Å². The zero-order chi connectivity index (χ0) is 13.2. The van der Waals surface area contributed by atoms with Crippen LogP contribution in [0.15, 0.2) is 24.3 Å². The predicted molar refractivity (Wildman–Crippen MR) is 68.6 cm³/mol. The largest absolute Gasteiger partial charge is 0.389 e. The van der Waals surface area contributed by atoms with E-state index in [0.29, 0.717) is 12.1 Å². The van der Waals surface area contributed by atoms with Gasteiger partial charge in [0.15, 0.2) is 0 Å². The first-order valence-electron chi connectivity index (χ1n) is 6.05. The standard InChI is InChI=1S/C13H19N3O2/c1-13(18)5-6-16(9-13)8-10-3-2-4-11(7-10)12(17)15-14/h2-4,7,18H,5-6,8-9,14H2,1H3,(H,15,17). The summed E-state index contributed by atoms with van der Waals surface area (Å²) in [6, 6.07) is 7.37. The van der Waals surface area contributed by atoms with Crippen LogP contribution < -0.4 is 11.3 Å². The summed E-state index contributed by atoms with van der Waals surface area (Å²) in [4.78, 5) is 13.6. The second kappa shape index (κ2) is 5.06. The van der Waals surface area contributed by atoms with Gasteiger partial charge in [-0.1, -0.05) is 12.1 Å². The topological polar surface area (TPSA) is 78.6 Å². The minimum absolute atomic E-state index is 0.287. The van der Waals surface area contributed by atoms with Crippen molar-refractivity contribution in [2.24, 2.45) is 5.84 Å². The Hall–Kier alpha value is -1.43. The molecule has 5 heteroatoms. The van der Waals surface area contributed by atoms with Gasteiger partial charge in [-0.2, -0.15) is 0 Å². The van der Waals surface area contributed by atoms with E-state index in [1.807, 2.05) is 25.1 Å².